The maximum absolute atomic E-state index is 13.6. The van der Waals surface area contributed by atoms with E-state index in [0.717, 1.165) is 11.1 Å². The zero-order chi connectivity index (χ0) is 18.1. The Morgan fingerprint density at radius 1 is 1.22 bits per heavy atom. The Bertz CT molecular complexity index is 486. The van der Waals surface area contributed by atoms with Crippen molar-refractivity contribution in [2.24, 2.45) is 10.7 Å². The van der Waals surface area contributed by atoms with Crippen LogP contribution >= 0.6 is 0 Å². The minimum absolute atomic E-state index is 0.107. The van der Waals surface area contributed by atoms with Crippen LogP contribution in [0.1, 0.15) is 40.0 Å². The summed E-state index contributed by atoms with van der Waals surface area (Å²) >= 11 is 0. The summed E-state index contributed by atoms with van der Waals surface area (Å²) < 4.78 is 51.3. The first kappa shape index (κ1) is 21.2. The molecule has 0 aliphatic carbocycles. The summed E-state index contributed by atoms with van der Waals surface area (Å²) in [5, 5.41) is 2.67. The molecule has 3 nitrogen and oxygen atoms in total. The van der Waals surface area contributed by atoms with Crippen LogP contribution in [-0.2, 0) is 0 Å². The van der Waals surface area contributed by atoms with Crippen LogP contribution in [0.15, 0.2) is 40.2 Å². The Morgan fingerprint density at radius 3 is 2.30 bits per heavy atom. The first-order valence-electron chi connectivity index (χ1n) is 7.23. The monoisotopic (exact) mass is 335 g/mol. The lowest BCUT2D eigenvalue weighted by Gasteiger charge is -2.23. The number of nitrogens with zero attached hydrogens (tertiary/aromatic N) is 1. The maximum atomic E-state index is 13.6. The first-order valence-corrected chi connectivity index (χ1v) is 7.23. The van der Waals surface area contributed by atoms with Crippen LogP contribution in [0.4, 0.5) is 17.6 Å². The maximum Gasteiger partial charge on any atom is 0.422 e. The van der Waals surface area contributed by atoms with Crippen molar-refractivity contribution in [1.29, 1.82) is 0 Å². The van der Waals surface area contributed by atoms with Gasteiger partial charge in [0, 0.05) is 12.7 Å². The number of nitrogens with one attached hydrogen (secondary N) is 1. The lowest BCUT2D eigenvalue weighted by Crippen LogP contribution is -2.37. The van der Waals surface area contributed by atoms with E-state index in [4.69, 9.17) is 5.73 Å². The summed E-state index contributed by atoms with van der Waals surface area (Å²) in [6, 6.07) is 0. The fraction of sp³-hybridized carbons (Fsp3) is 0.562. The van der Waals surface area contributed by atoms with Gasteiger partial charge in [-0.25, -0.2) is 9.38 Å². The smallest absolute Gasteiger partial charge is 0.404 e. The van der Waals surface area contributed by atoms with Crippen LogP contribution < -0.4 is 11.1 Å². The van der Waals surface area contributed by atoms with E-state index in [1.807, 2.05) is 19.9 Å². The second kappa shape index (κ2) is 9.37. The van der Waals surface area contributed by atoms with Gasteiger partial charge in [0.05, 0.1) is 6.34 Å². The fourth-order valence-electron chi connectivity index (χ4n) is 1.65. The first-order chi connectivity index (χ1) is 10.5. The van der Waals surface area contributed by atoms with Gasteiger partial charge in [0.15, 0.2) is 0 Å². The van der Waals surface area contributed by atoms with E-state index in [1.54, 1.807) is 13.1 Å². The van der Waals surface area contributed by atoms with E-state index >= 15 is 0 Å². The van der Waals surface area contributed by atoms with Crippen LogP contribution in [-0.4, -0.2) is 25.2 Å². The van der Waals surface area contributed by atoms with Crippen molar-refractivity contribution in [2.45, 2.75) is 51.9 Å². The fourth-order valence-corrected chi connectivity index (χ4v) is 1.65. The molecular formula is C16H25F4N3. The Labute approximate surface area is 135 Å². The average Bonchev–Trinajstić information content (AvgIpc) is 2.45. The molecule has 7 heteroatoms. The summed E-state index contributed by atoms with van der Waals surface area (Å²) in [4.78, 5) is 4.02. The van der Waals surface area contributed by atoms with E-state index in [9.17, 15) is 17.6 Å². The molecule has 0 spiro atoms. The molecule has 0 fully saturated rings. The molecule has 0 aliphatic heterocycles. The van der Waals surface area contributed by atoms with E-state index < -0.39 is 18.3 Å². The van der Waals surface area contributed by atoms with E-state index in [2.05, 4.69) is 10.3 Å². The van der Waals surface area contributed by atoms with E-state index in [1.165, 1.54) is 12.5 Å². The van der Waals surface area contributed by atoms with Crippen LogP contribution in [0.25, 0.3) is 0 Å². The van der Waals surface area contributed by atoms with Crippen LogP contribution in [0.5, 0.6) is 0 Å². The molecule has 23 heavy (non-hydrogen) atoms. The summed E-state index contributed by atoms with van der Waals surface area (Å²) in [6.45, 7) is 4.26. The predicted molar refractivity (Wildman–Crippen MR) is 86.8 cm³/mol. The molecule has 0 aromatic carbocycles. The second-order valence-electron chi connectivity index (χ2n) is 5.54. The third-order valence-electron chi connectivity index (χ3n) is 3.20. The zero-order valence-corrected chi connectivity index (χ0v) is 14.0. The highest BCUT2D eigenvalue weighted by Gasteiger charge is 2.51. The van der Waals surface area contributed by atoms with Crippen LogP contribution in [0.3, 0.4) is 0 Å². The number of hydrogen-bond donors (Lipinski definition) is 2. The van der Waals surface area contributed by atoms with Crippen LogP contribution in [0, 0.1) is 0 Å². The van der Waals surface area contributed by atoms with E-state index in [0.29, 0.717) is 19.0 Å². The summed E-state index contributed by atoms with van der Waals surface area (Å²) in [5.41, 5.74) is 4.39. The van der Waals surface area contributed by atoms with Crippen molar-refractivity contribution >= 4 is 6.34 Å². The molecule has 0 bridgehead atoms. The predicted octanol–water partition coefficient (Wildman–Crippen LogP) is 4.39. The second-order valence-corrected chi connectivity index (χ2v) is 5.54. The molecule has 0 saturated carbocycles. The largest absolute Gasteiger partial charge is 0.422 e. The van der Waals surface area contributed by atoms with Gasteiger partial charge < -0.3 is 11.1 Å². The minimum atomic E-state index is -4.89. The molecular weight excluding hydrogens is 310 g/mol. The molecule has 0 saturated heterocycles. The number of nitrogens with two attached hydrogens (primary N) is 1. The van der Waals surface area contributed by atoms with Gasteiger partial charge in [-0.2, -0.15) is 13.2 Å². The highest BCUT2D eigenvalue weighted by Crippen LogP contribution is 2.38. The molecule has 0 rings (SSSR count). The van der Waals surface area contributed by atoms with Crippen molar-refractivity contribution in [1.82, 2.24) is 5.32 Å². The summed E-state index contributed by atoms with van der Waals surface area (Å²) in [7, 11) is 1.62. The number of hydrogen-bond acceptors (Lipinski definition) is 2. The number of aliphatic imine (C=N–C) groups is 1. The highest BCUT2D eigenvalue weighted by molar-refractivity contribution is 5.55. The number of rotatable bonds is 8. The molecule has 132 valence electrons. The Kier molecular flexibility index (Phi) is 8.64. The van der Waals surface area contributed by atoms with Crippen molar-refractivity contribution in [3.8, 4) is 0 Å². The molecule has 0 aromatic heterocycles. The van der Waals surface area contributed by atoms with Gasteiger partial charge in [-0.3, -0.25) is 0 Å². The number of alkyl halides is 4. The van der Waals surface area contributed by atoms with Gasteiger partial charge in [0.2, 0.25) is 5.67 Å². The van der Waals surface area contributed by atoms with Gasteiger partial charge in [0.1, 0.15) is 0 Å². The van der Waals surface area contributed by atoms with Crippen LogP contribution in [0.2, 0.25) is 0 Å². The molecule has 1 unspecified atom stereocenters. The Balaban J connectivity index is 5.00. The minimum Gasteiger partial charge on any atom is -0.404 e. The topological polar surface area (TPSA) is 50.4 Å². The Morgan fingerprint density at radius 2 is 1.83 bits per heavy atom. The number of halogens is 4. The van der Waals surface area contributed by atoms with Gasteiger partial charge in [-0.1, -0.05) is 17.7 Å². The summed E-state index contributed by atoms with van der Waals surface area (Å²) in [6.07, 6.45) is 1.21. The van der Waals surface area contributed by atoms with Gasteiger partial charge >= 0.3 is 6.18 Å². The summed E-state index contributed by atoms with van der Waals surface area (Å²) in [5.74, 6) is 0. The average molecular weight is 335 g/mol. The Hall–Kier alpha value is -1.79. The van der Waals surface area contributed by atoms with Crippen molar-refractivity contribution in [3.05, 3.63) is 35.2 Å². The third kappa shape index (κ3) is 8.42. The van der Waals surface area contributed by atoms with E-state index in [-0.39, 0.29) is 6.42 Å². The SMILES string of the molecule is CN/C=N\C(=C/C/C(C)=C\C(C)=C/N)CCC(C)(F)C(F)(F)F. The normalized spacial score (nSPS) is 17.5. The lowest BCUT2D eigenvalue weighted by molar-refractivity contribution is -0.225. The third-order valence-corrected chi connectivity index (χ3v) is 3.20. The molecule has 3 N–H and O–H groups in total. The van der Waals surface area contributed by atoms with Gasteiger partial charge in [-0.15, -0.1) is 0 Å². The molecule has 1 atom stereocenters. The quantitative estimate of drug-likeness (QED) is 0.299. The van der Waals surface area contributed by atoms with Crippen molar-refractivity contribution in [3.63, 3.8) is 0 Å². The van der Waals surface area contributed by atoms with Gasteiger partial charge in [0.25, 0.3) is 0 Å². The van der Waals surface area contributed by atoms with Gasteiger partial charge in [-0.05, 0) is 51.8 Å². The molecule has 0 aliphatic rings. The van der Waals surface area contributed by atoms with Crippen molar-refractivity contribution in [2.75, 3.05) is 7.05 Å². The highest BCUT2D eigenvalue weighted by atomic mass is 19.4. The van der Waals surface area contributed by atoms with Crippen molar-refractivity contribution < 1.29 is 17.6 Å². The standard InChI is InChI=1S/C16H25F4N3/c1-12(9-13(2)10-21)5-6-14(23-11-22-4)7-8-15(3,17)16(18,19)20/h6,9-11H,5,7-8,21H2,1-4H3,(H,22,23)/b12-9-,13-10-,14-6-. The molecule has 0 aromatic rings. The zero-order valence-electron chi connectivity index (χ0n) is 14.0. The lowest BCUT2D eigenvalue weighted by atomic mass is 9.99. The molecule has 0 radical (unpaired) electrons. The number of allylic oxidation sites excluding steroid dienone is 5. The molecule has 0 heterocycles. The molecule has 0 amide bonds.